The number of aromatic nitrogens is 5. The van der Waals surface area contributed by atoms with E-state index in [1.54, 1.807) is 10.6 Å². The molecule has 4 heterocycles. The molecule has 1 atom stereocenters. The standard InChI is InChI=1S/C15H16N8O2/c1-10-6-14(22-15(19-10)17-9-18-22)21-5-4-11(8-21)20-13-3-2-12(7-16-13)23(24)25/h2-3,6-7,9,11H,4-5,8H2,1H3,(H,16,20). The van der Waals surface area contributed by atoms with Crippen molar-refractivity contribution >= 4 is 23.1 Å². The maximum absolute atomic E-state index is 10.7. The van der Waals surface area contributed by atoms with E-state index in [-0.39, 0.29) is 11.7 Å². The molecule has 1 unspecified atom stereocenters. The molecule has 1 saturated heterocycles. The average Bonchev–Trinajstić information content (AvgIpc) is 3.23. The van der Waals surface area contributed by atoms with Gasteiger partial charge in [-0.25, -0.2) is 9.97 Å². The Hall–Kier alpha value is -3.30. The van der Waals surface area contributed by atoms with E-state index in [9.17, 15) is 10.1 Å². The molecule has 10 heteroatoms. The lowest BCUT2D eigenvalue weighted by atomic mass is 10.2. The second-order valence-corrected chi connectivity index (χ2v) is 5.96. The molecule has 10 nitrogen and oxygen atoms in total. The number of pyridine rings is 1. The predicted molar refractivity (Wildman–Crippen MR) is 90.7 cm³/mol. The highest BCUT2D eigenvalue weighted by Crippen LogP contribution is 2.23. The van der Waals surface area contributed by atoms with E-state index in [0.29, 0.717) is 11.6 Å². The number of anilines is 2. The summed E-state index contributed by atoms with van der Waals surface area (Å²) in [6.45, 7) is 3.57. The van der Waals surface area contributed by atoms with Gasteiger partial charge in [0.2, 0.25) is 0 Å². The number of fused-ring (bicyclic) bond motifs is 1. The van der Waals surface area contributed by atoms with Crippen molar-refractivity contribution in [3.05, 3.63) is 46.5 Å². The quantitative estimate of drug-likeness (QED) is 0.560. The van der Waals surface area contributed by atoms with Gasteiger partial charge < -0.3 is 10.2 Å². The van der Waals surface area contributed by atoms with Crippen LogP contribution in [0.4, 0.5) is 17.3 Å². The zero-order valence-electron chi connectivity index (χ0n) is 13.5. The molecule has 0 bridgehead atoms. The smallest absolute Gasteiger partial charge is 0.287 e. The fourth-order valence-corrected chi connectivity index (χ4v) is 3.01. The SMILES string of the molecule is Cc1cc(N2CCC(Nc3ccc([N+](=O)[O-])cn3)C2)n2ncnc2n1. The molecular weight excluding hydrogens is 324 g/mol. The molecular formula is C15H16N8O2. The van der Waals surface area contributed by atoms with Crippen LogP contribution in [0.5, 0.6) is 0 Å². The lowest BCUT2D eigenvalue weighted by Gasteiger charge is -2.20. The molecule has 0 aromatic carbocycles. The molecule has 0 aliphatic carbocycles. The fourth-order valence-electron chi connectivity index (χ4n) is 3.01. The maximum atomic E-state index is 10.7. The molecule has 25 heavy (non-hydrogen) atoms. The summed E-state index contributed by atoms with van der Waals surface area (Å²) < 4.78 is 1.74. The van der Waals surface area contributed by atoms with Crippen molar-refractivity contribution < 1.29 is 4.92 Å². The largest absolute Gasteiger partial charge is 0.365 e. The molecule has 0 spiro atoms. The second-order valence-electron chi connectivity index (χ2n) is 5.96. The van der Waals surface area contributed by atoms with Crippen LogP contribution in [0, 0.1) is 17.0 Å². The van der Waals surface area contributed by atoms with Crippen LogP contribution in [-0.2, 0) is 0 Å². The van der Waals surface area contributed by atoms with Gasteiger partial charge in [0.25, 0.3) is 11.5 Å². The minimum absolute atomic E-state index is 0.0144. The van der Waals surface area contributed by atoms with Crippen molar-refractivity contribution in [2.45, 2.75) is 19.4 Å². The van der Waals surface area contributed by atoms with Crippen molar-refractivity contribution in [2.24, 2.45) is 0 Å². The van der Waals surface area contributed by atoms with Crippen LogP contribution in [0.15, 0.2) is 30.7 Å². The molecule has 1 fully saturated rings. The topological polar surface area (TPSA) is 114 Å². The van der Waals surface area contributed by atoms with Gasteiger partial charge in [0, 0.05) is 37.0 Å². The maximum Gasteiger partial charge on any atom is 0.287 e. The first-order valence-electron chi connectivity index (χ1n) is 7.89. The minimum Gasteiger partial charge on any atom is -0.365 e. The van der Waals surface area contributed by atoms with Gasteiger partial charge in [-0.05, 0) is 19.4 Å². The third-order valence-corrected chi connectivity index (χ3v) is 4.18. The van der Waals surface area contributed by atoms with Gasteiger partial charge >= 0.3 is 0 Å². The van der Waals surface area contributed by atoms with Crippen LogP contribution in [0.3, 0.4) is 0 Å². The zero-order valence-corrected chi connectivity index (χ0v) is 13.5. The van der Waals surface area contributed by atoms with Crippen molar-refractivity contribution in [3.8, 4) is 0 Å². The molecule has 0 amide bonds. The summed E-state index contributed by atoms with van der Waals surface area (Å²) in [5.74, 6) is 2.18. The molecule has 1 aliphatic heterocycles. The highest BCUT2D eigenvalue weighted by Gasteiger charge is 2.25. The lowest BCUT2D eigenvalue weighted by Crippen LogP contribution is -2.28. The number of hydrogen-bond acceptors (Lipinski definition) is 8. The Morgan fingerprint density at radius 1 is 1.36 bits per heavy atom. The summed E-state index contributed by atoms with van der Waals surface area (Å²) in [7, 11) is 0. The first-order valence-corrected chi connectivity index (χ1v) is 7.89. The molecule has 3 aromatic heterocycles. The Morgan fingerprint density at radius 3 is 3.00 bits per heavy atom. The van der Waals surface area contributed by atoms with Crippen LogP contribution >= 0.6 is 0 Å². The van der Waals surface area contributed by atoms with E-state index in [4.69, 9.17) is 0 Å². The highest BCUT2D eigenvalue weighted by atomic mass is 16.6. The Balaban J connectivity index is 1.49. The second kappa shape index (κ2) is 5.96. The fraction of sp³-hybridized carbons (Fsp3) is 0.333. The number of rotatable bonds is 4. The van der Waals surface area contributed by atoms with E-state index in [1.807, 2.05) is 13.0 Å². The Bertz CT molecular complexity index is 923. The zero-order chi connectivity index (χ0) is 17.4. The van der Waals surface area contributed by atoms with Gasteiger partial charge in [-0.2, -0.15) is 14.6 Å². The van der Waals surface area contributed by atoms with Crippen LogP contribution in [0.1, 0.15) is 12.1 Å². The van der Waals surface area contributed by atoms with E-state index >= 15 is 0 Å². The van der Waals surface area contributed by atoms with Crippen LogP contribution in [0.25, 0.3) is 5.78 Å². The Labute approximate surface area is 142 Å². The molecule has 1 N–H and O–H groups in total. The van der Waals surface area contributed by atoms with E-state index in [0.717, 1.165) is 31.0 Å². The summed E-state index contributed by atoms with van der Waals surface area (Å²) in [5.41, 5.74) is 0.878. The van der Waals surface area contributed by atoms with Crippen molar-refractivity contribution in [1.29, 1.82) is 0 Å². The van der Waals surface area contributed by atoms with Gasteiger partial charge in [-0.15, -0.1) is 0 Å². The monoisotopic (exact) mass is 340 g/mol. The van der Waals surface area contributed by atoms with Crippen LogP contribution < -0.4 is 10.2 Å². The average molecular weight is 340 g/mol. The third kappa shape index (κ3) is 2.93. The Kier molecular flexibility index (Phi) is 3.64. The summed E-state index contributed by atoms with van der Waals surface area (Å²) in [4.78, 5) is 25.1. The molecule has 1 aliphatic rings. The number of nitro groups is 1. The summed E-state index contributed by atoms with van der Waals surface area (Å²) in [5, 5.41) is 18.3. The molecule has 128 valence electrons. The van der Waals surface area contributed by atoms with Crippen molar-refractivity contribution in [2.75, 3.05) is 23.3 Å². The molecule has 4 rings (SSSR count). The summed E-state index contributed by atoms with van der Waals surface area (Å²) >= 11 is 0. The minimum atomic E-state index is -0.455. The first kappa shape index (κ1) is 15.2. The molecule has 3 aromatic rings. The summed E-state index contributed by atoms with van der Waals surface area (Å²) in [6.07, 6.45) is 3.69. The third-order valence-electron chi connectivity index (χ3n) is 4.18. The lowest BCUT2D eigenvalue weighted by molar-refractivity contribution is -0.385. The van der Waals surface area contributed by atoms with E-state index < -0.39 is 4.92 Å². The van der Waals surface area contributed by atoms with Crippen molar-refractivity contribution in [3.63, 3.8) is 0 Å². The number of aryl methyl sites for hydroxylation is 1. The summed E-state index contributed by atoms with van der Waals surface area (Å²) in [6, 6.07) is 5.27. The van der Waals surface area contributed by atoms with Crippen LogP contribution in [-0.4, -0.2) is 48.6 Å². The number of hydrogen-bond donors (Lipinski definition) is 1. The van der Waals surface area contributed by atoms with E-state index in [1.165, 1.54) is 18.6 Å². The van der Waals surface area contributed by atoms with Gasteiger partial charge in [0.05, 0.1) is 4.92 Å². The molecule has 0 saturated carbocycles. The highest BCUT2D eigenvalue weighted by molar-refractivity contribution is 5.49. The van der Waals surface area contributed by atoms with Crippen molar-refractivity contribution in [1.82, 2.24) is 24.6 Å². The Morgan fingerprint density at radius 2 is 2.24 bits per heavy atom. The first-order chi connectivity index (χ1) is 12.1. The normalized spacial score (nSPS) is 17.2. The van der Waals surface area contributed by atoms with Gasteiger partial charge in [0.15, 0.2) is 0 Å². The van der Waals surface area contributed by atoms with Gasteiger partial charge in [0.1, 0.15) is 24.2 Å². The van der Waals surface area contributed by atoms with E-state index in [2.05, 4.69) is 30.3 Å². The van der Waals surface area contributed by atoms with Gasteiger partial charge in [-0.1, -0.05) is 0 Å². The van der Waals surface area contributed by atoms with Gasteiger partial charge in [-0.3, -0.25) is 10.1 Å². The van der Waals surface area contributed by atoms with Crippen LogP contribution in [0.2, 0.25) is 0 Å². The molecule has 0 radical (unpaired) electrons. The number of nitrogens with zero attached hydrogens (tertiary/aromatic N) is 7. The number of nitrogens with one attached hydrogen (secondary N) is 1. The predicted octanol–water partition coefficient (Wildman–Crippen LogP) is 1.43.